The summed E-state index contributed by atoms with van der Waals surface area (Å²) in [6.07, 6.45) is 0. The maximum Gasteiger partial charge on any atom is 0.0264 e. The molecule has 0 bridgehead atoms. The van der Waals surface area contributed by atoms with E-state index in [0.717, 1.165) is 22.3 Å². The summed E-state index contributed by atoms with van der Waals surface area (Å²) in [5, 5.41) is 0. The van der Waals surface area contributed by atoms with Crippen molar-refractivity contribution in [2.45, 2.75) is 34.6 Å². The van der Waals surface area contributed by atoms with Crippen molar-refractivity contribution in [1.82, 2.24) is 0 Å². The average Bonchev–Trinajstić information content (AvgIpc) is 2.66. The van der Waals surface area contributed by atoms with Crippen LogP contribution in [0.1, 0.15) is 52.8 Å². The lowest BCUT2D eigenvalue weighted by Crippen LogP contribution is -1.84. The van der Waals surface area contributed by atoms with Crippen molar-refractivity contribution in [2.24, 2.45) is 0 Å². The van der Waals surface area contributed by atoms with Crippen LogP contribution in [0.4, 0.5) is 0 Å². The van der Waals surface area contributed by atoms with Crippen LogP contribution >= 0.6 is 0 Å². The SMILES string of the molecule is CC.Cc1cccc(C#Cc2cc(C)cc(C#Cc3cccc(C)c3)c2)c1. The first-order valence-electron chi connectivity index (χ1n) is 9.37. The van der Waals surface area contributed by atoms with E-state index in [-0.39, 0.29) is 0 Å². The summed E-state index contributed by atoms with van der Waals surface area (Å²) >= 11 is 0. The van der Waals surface area contributed by atoms with Crippen molar-refractivity contribution in [3.63, 3.8) is 0 Å². The van der Waals surface area contributed by atoms with Crippen molar-refractivity contribution >= 4 is 0 Å². The summed E-state index contributed by atoms with van der Waals surface area (Å²) in [6.45, 7) is 10.2. The molecule has 3 aromatic carbocycles. The highest BCUT2D eigenvalue weighted by Gasteiger charge is 1.95. The van der Waals surface area contributed by atoms with Crippen LogP contribution in [-0.4, -0.2) is 0 Å². The molecule has 0 nitrogen and oxygen atoms in total. The quantitative estimate of drug-likeness (QED) is 0.409. The summed E-state index contributed by atoms with van der Waals surface area (Å²) in [5.41, 5.74) is 7.68. The molecule has 0 radical (unpaired) electrons. The first-order chi connectivity index (χ1) is 13.1. The van der Waals surface area contributed by atoms with Crippen molar-refractivity contribution in [2.75, 3.05) is 0 Å². The smallest absolute Gasteiger partial charge is 0.0264 e. The second kappa shape index (κ2) is 10.1. The molecule has 0 saturated carbocycles. The van der Waals surface area contributed by atoms with Crippen LogP contribution in [0.3, 0.4) is 0 Å². The van der Waals surface area contributed by atoms with Gasteiger partial charge in [-0.25, -0.2) is 0 Å². The zero-order valence-electron chi connectivity index (χ0n) is 16.9. The lowest BCUT2D eigenvalue weighted by molar-refractivity contribution is 1.43. The summed E-state index contributed by atoms with van der Waals surface area (Å²) in [7, 11) is 0. The molecule has 0 N–H and O–H groups in total. The lowest BCUT2D eigenvalue weighted by atomic mass is 10.1. The molecule has 0 aromatic heterocycles. The second-order valence-corrected chi connectivity index (χ2v) is 6.33. The van der Waals surface area contributed by atoms with Gasteiger partial charge in [0.1, 0.15) is 0 Å². The van der Waals surface area contributed by atoms with E-state index in [1.807, 2.05) is 38.1 Å². The molecule has 0 spiro atoms. The van der Waals surface area contributed by atoms with Crippen LogP contribution in [0, 0.1) is 44.5 Å². The Kier molecular flexibility index (Phi) is 7.49. The van der Waals surface area contributed by atoms with Gasteiger partial charge in [0.15, 0.2) is 0 Å². The first kappa shape index (κ1) is 20.1. The molecule has 0 heteroatoms. The molecule has 3 aromatic rings. The van der Waals surface area contributed by atoms with Gasteiger partial charge in [-0.2, -0.15) is 0 Å². The zero-order chi connectivity index (χ0) is 19.6. The Morgan fingerprint density at radius 3 is 1.22 bits per heavy atom. The molecule has 0 aliphatic heterocycles. The van der Waals surface area contributed by atoms with Crippen molar-refractivity contribution in [3.05, 3.63) is 106 Å². The summed E-state index contributed by atoms with van der Waals surface area (Å²) in [4.78, 5) is 0. The first-order valence-corrected chi connectivity index (χ1v) is 9.37. The third kappa shape index (κ3) is 6.54. The fraction of sp³-hybridized carbons (Fsp3) is 0.185. The highest BCUT2D eigenvalue weighted by atomic mass is 14.0. The fourth-order valence-electron chi connectivity index (χ4n) is 2.66. The molecule has 0 saturated heterocycles. The van der Waals surface area contributed by atoms with Gasteiger partial charge in [-0.3, -0.25) is 0 Å². The molecular formula is C27H26. The van der Waals surface area contributed by atoms with E-state index in [0.29, 0.717) is 0 Å². The average molecular weight is 351 g/mol. The molecule has 0 fully saturated rings. The van der Waals surface area contributed by atoms with Gasteiger partial charge in [0.05, 0.1) is 0 Å². The van der Waals surface area contributed by atoms with Crippen LogP contribution in [0.5, 0.6) is 0 Å². The predicted octanol–water partition coefficient (Wildman–Crippen LogP) is 6.44. The summed E-state index contributed by atoms with van der Waals surface area (Å²) < 4.78 is 0. The van der Waals surface area contributed by atoms with E-state index in [1.165, 1.54) is 16.7 Å². The number of hydrogen-bond donors (Lipinski definition) is 0. The fourth-order valence-corrected chi connectivity index (χ4v) is 2.66. The molecule has 134 valence electrons. The Bertz CT molecular complexity index is 949. The van der Waals surface area contributed by atoms with Gasteiger partial charge in [-0.15, -0.1) is 0 Å². The van der Waals surface area contributed by atoms with E-state index in [4.69, 9.17) is 0 Å². The van der Waals surface area contributed by atoms with E-state index in [1.54, 1.807) is 0 Å². The second-order valence-electron chi connectivity index (χ2n) is 6.33. The van der Waals surface area contributed by atoms with E-state index >= 15 is 0 Å². The van der Waals surface area contributed by atoms with E-state index in [9.17, 15) is 0 Å². The third-order valence-electron chi connectivity index (χ3n) is 3.82. The van der Waals surface area contributed by atoms with Crippen LogP contribution in [0.25, 0.3) is 0 Å². The normalized spacial score (nSPS) is 9.07. The van der Waals surface area contributed by atoms with Crippen molar-refractivity contribution in [1.29, 1.82) is 0 Å². The molecule has 0 amide bonds. The van der Waals surface area contributed by atoms with Crippen molar-refractivity contribution in [3.8, 4) is 23.7 Å². The van der Waals surface area contributed by atoms with Gasteiger partial charge < -0.3 is 0 Å². The molecule has 0 aliphatic carbocycles. The molecule has 0 aliphatic rings. The molecule has 0 unspecified atom stereocenters. The van der Waals surface area contributed by atoms with Gasteiger partial charge in [0.2, 0.25) is 0 Å². The van der Waals surface area contributed by atoms with Crippen LogP contribution in [0.15, 0.2) is 66.7 Å². The standard InChI is InChI=1S/C25H20.C2H6/c1-19-6-4-8-22(14-19)10-12-24-16-21(3)17-25(18-24)13-11-23-9-5-7-20(2)15-23;1-2/h4-9,14-18H,1-3H3;1-2H3. The minimum Gasteiger partial charge on any atom is -0.0683 e. The Labute approximate surface area is 164 Å². The largest absolute Gasteiger partial charge is 0.0683 e. The highest BCUT2D eigenvalue weighted by molar-refractivity contribution is 5.51. The number of aryl methyl sites for hydroxylation is 3. The van der Waals surface area contributed by atoms with Gasteiger partial charge in [0.25, 0.3) is 0 Å². The maximum absolute atomic E-state index is 3.26. The summed E-state index contributed by atoms with van der Waals surface area (Å²) in [5.74, 6) is 13.0. The van der Waals surface area contributed by atoms with E-state index in [2.05, 4.69) is 86.9 Å². The molecule has 27 heavy (non-hydrogen) atoms. The van der Waals surface area contributed by atoms with E-state index < -0.39 is 0 Å². The Balaban J connectivity index is 0.00000126. The van der Waals surface area contributed by atoms with Crippen LogP contribution < -0.4 is 0 Å². The van der Waals surface area contributed by atoms with Gasteiger partial charge >= 0.3 is 0 Å². The van der Waals surface area contributed by atoms with Gasteiger partial charge in [0, 0.05) is 22.3 Å². The minimum atomic E-state index is 0.995. The minimum absolute atomic E-state index is 0.995. The Morgan fingerprint density at radius 1 is 0.444 bits per heavy atom. The predicted molar refractivity (Wildman–Crippen MR) is 117 cm³/mol. The zero-order valence-corrected chi connectivity index (χ0v) is 16.9. The molecular weight excluding hydrogens is 324 g/mol. The van der Waals surface area contributed by atoms with Gasteiger partial charge in [-0.05, 0) is 79.9 Å². The summed E-state index contributed by atoms with van der Waals surface area (Å²) in [6, 6.07) is 22.8. The maximum atomic E-state index is 3.26. The third-order valence-corrected chi connectivity index (χ3v) is 3.82. The monoisotopic (exact) mass is 350 g/mol. The molecule has 0 atom stereocenters. The van der Waals surface area contributed by atoms with Crippen molar-refractivity contribution < 1.29 is 0 Å². The number of hydrogen-bond acceptors (Lipinski definition) is 0. The lowest BCUT2D eigenvalue weighted by Gasteiger charge is -1.98. The highest BCUT2D eigenvalue weighted by Crippen LogP contribution is 2.10. The number of benzene rings is 3. The van der Waals surface area contributed by atoms with Gasteiger partial charge in [-0.1, -0.05) is 61.8 Å². The van der Waals surface area contributed by atoms with Crippen LogP contribution in [0.2, 0.25) is 0 Å². The Hall–Kier alpha value is -3.22. The molecule has 3 rings (SSSR count). The number of rotatable bonds is 0. The topological polar surface area (TPSA) is 0 Å². The van der Waals surface area contributed by atoms with Crippen LogP contribution in [-0.2, 0) is 0 Å². The molecule has 0 heterocycles. The Morgan fingerprint density at radius 2 is 0.815 bits per heavy atom.